The van der Waals surface area contributed by atoms with Gasteiger partial charge in [0.2, 0.25) is 0 Å². The van der Waals surface area contributed by atoms with Crippen LogP contribution in [0, 0.1) is 11.8 Å². The quantitative estimate of drug-likeness (QED) is 0.598. The largest absolute Gasteiger partial charge is 0.376 e. The Morgan fingerprint density at radius 2 is 2.00 bits per heavy atom. The maximum absolute atomic E-state index is 5.65. The molecule has 72 valence electrons. The van der Waals surface area contributed by atoms with Crippen molar-refractivity contribution in [1.82, 2.24) is 5.32 Å². The molecule has 2 nitrogen and oxygen atoms in total. The van der Waals surface area contributed by atoms with Crippen LogP contribution in [0.5, 0.6) is 0 Å². The summed E-state index contributed by atoms with van der Waals surface area (Å²) in [5.41, 5.74) is 0. The lowest BCUT2D eigenvalue weighted by Crippen LogP contribution is -2.32. The van der Waals surface area contributed by atoms with Crippen LogP contribution in [-0.2, 0) is 4.74 Å². The van der Waals surface area contributed by atoms with Crippen molar-refractivity contribution in [2.24, 2.45) is 11.8 Å². The van der Waals surface area contributed by atoms with Gasteiger partial charge in [-0.3, -0.25) is 0 Å². The minimum absolute atomic E-state index is 0.538. The molecule has 3 unspecified atom stereocenters. The van der Waals surface area contributed by atoms with Crippen molar-refractivity contribution in [1.29, 1.82) is 0 Å². The zero-order chi connectivity index (χ0) is 8.97. The van der Waals surface area contributed by atoms with Crippen molar-refractivity contribution in [3.8, 4) is 0 Å². The van der Waals surface area contributed by atoms with Crippen molar-refractivity contribution in [2.45, 2.75) is 33.3 Å². The number of nitrogens with one attached hydrogen (secondary N) is 1. The van der Waals surface area contributed by atoms with Gasteiger partial charge in [-0.15, -0.1) is 0 Å². The molecular weight excluding hydrogens is 150 g/mol. The molecule has 2 rings (SSSR count). The van der Waals surface area contributed by atoms with Gasteiger partial charge in [-0.2, -0.15) is 0 Å². The van der Waals surface area contributed by atoms with Crippen LogP contribution in [0.3, 0.4) is 0 Å². The Kier molecular flexibility index (Phi) is 4.02. The fraction of sp³-hybridized carbons (Fsp3) is 1.00. The van der Waals surface area contributed by atoms with Crippen molar-refractivity contribution >= 4 is 0 Å². The summed E-state index contributed by atoms with van der Waals surface area (Å²) in [6.07, 6.45) is 1.90. The number of fused-ring (bicyclic) bond motifs is 1. The molecule has 0 aromatic heterocycles. The molecular formula is C10H21NO. The summed E-state index contributed by atoms with van der Waals surface area (Å²) < 4.78 is 5.65. The molecule has 0 aromatic rings. The summed E-state index contributed by atoms with van der Waals surface area (Å²) in [5.74, 6) is 1.59. The molecule has 0 aromatic carbocycles. The number of ether oxygens (including phenoxy) is 1. The second-order valence-electron chi connectivity index (χ2n) is 3.63. The molecule has 1 N–H and O–H groups in total. The number of hydrogen-bond donors (Lipinski definition) is 1. The van der Waals surface area contributed by atoms with E-state index in [1.54, 1.807) is 0 Å². The van der Waals surface area contributed by atoms with Crippen LogP contribution in [0.4, 0.5) is 0 Å². The summed E-state index contributed by atoms with van der Waals surface area (Å²) in [4.78, 5) is 0. The van der Waals surface area contributed by atoms with Gasteiger partial charge in [0.1, 0.15) is 0 Å². The Morgan fingerprint density at radius 1 is 1.25 bits per heavy atom. The minimum Gasteiger partial charge on any atom is -0.376 e. The van der Waals surface area contributed by atoms with Crippen LogP contribution in [-0.4, -0.2) is 25.8 Å². The molecule has 12 heavy (non-hydrogen) atoms. The van der Waals surface area contributed by atoms with Crippen LogP contribution < -0.4 is 5.32 Å². The zero-order valence-corrected chi connectivity index (χ0v) is 8.47. The highest BCUT2D eigenvalue weighted by atomic mass is 16.5. The van der Waals surface area contributed by atoms with Crippen molar-refractivity contribution < 1.29 is 4.74 Å². The van der Waals surface area contributed by atoms with Gasteiger partial charge in [0.05, 0.1) is 6.10 Å². The number of rotatable bonds is 0. The maximum Gasteiger partial charge on any atom is 0.0739 e. The van der Waals surface area contributed by atoms with Crippen LogP contribution in [0.1, 0.15) is 27.2 Å². The van der Waals surface area contributed by atoms with Crippen LogP contribution in [0.25, 0.3) is 0 Å². The van der Waals surface area contributed by atoms with Crippen LogP contribution >= 0.6 is 0 Å². The first kappa shape index (κ1) is 10.0. The van der Waals surface area contributed by atoms with Crippen molar-refractivity contribution in [2.75, 3.05) is 19.7 Å². The fourth-order valence-electron chi connectivity index (χ4n) is 2.01. The Labute approximate surface area is 75.7 Å². The van der Waals surface area contributed by atoms with Gasteiger partial charge in [0.25, 0.3) is 0 Å². The molecule has 0 saturated carbocycles. The van der Waals surface area contributed by atoms with Gasteiger partial charge in [0.15, 0.2) is 0 Å². The lowest BCUT2D eigenvalue weighted by molar-refractivity contribution is -0.0269. The van der Waals surface area contributed by atoms with Crippen molar-refractivity contribution in [3.05, 3.63) is 0 Å². The van der Waals surface area contributed by atoms with Gasteiger partial charge < -0.3 is 10.1 Å². The fourth-order valence-corrected chi connectivity index (χ4v) is 2.01. The summed E-state index contributed by atoms with van der Waals surface area (Å²) >= 11 is 0. The monoisotopic (exact) mass is 171 g/mol. The van der Waals surface area contributed by atoms with E-state index < -0.39 is 0 Å². The summed E-state index contributed by atoms with van der Waals surface area (Å²) in [7, 11) is 0. The van der Waals surface area contributed by atoms with Crippen molar-refractivity contribution in [3.63, 3.8) is 0 Å². The van der Waals surface area contributed by atoms with Gasteiger partial charge in [0, 0.05) is 19.7 Å². The Balaban J connectivity index is 0.000000336. The third kappa shape index (κ3) is 2.20. The molecule has 2 aliphatic rings. The molecule has 2 heterocycles. The smallest absolute Gasteiger partial charge is 0.0739 e. The standard InChI is InChI=1S/C8H15NO.C2H6/c1-6-2-7-3-9-4-8(7)10-5-6;1-2/h6-9H,2-5H2,1H3;1-2H3. The van der Waals surface area contributed by atoms with Crippen LogP contribution in [0.15, 0.2) is 0 Å². The molecule has 2 aliphatic heterocycles. The first-order valence-corrected chi connectivity index (χ1v) is 5.18. The highest BCUT2D eigenvalue weighted by molar-refractivity contribution is 4.85. The highest BCUT2D eigenvalue weighted by Gasteiger charge is 2.32. The molecule has 0 amide bonds. The Morgan fingerprint density at radius 3 is 2.75 bits per heavy atom. The van der Waals surface area contributed by atoms with Gasteiger partial charge in [-0.1, -0.05) is 20.8 Å². The highest BCUT2D eigenvalue weighted by Crippen LogP contribution is 2.26. The summed E-state index contributed by atoms with van der Waals surface area (Å²) in [6.45, 7) is 9.50. The molecule has 0 aliphatic carbocycles. The molecule has 0 radical (unpaired) electrons. The van der Waals surface area contributed by atoms with Crippen LogP contribution in [0.2, 0.25) is 0 Å². The lowest BCUT2D eigenvalue weighted by Gasteiger charge is -2.29. The lowest BCUT2D eigenvalue weighted by atomic mass is 9.91. The third-order valence-corrected chi connectivity index (χ3v) is 2.58. The maximum atomic E-state index is 5.65. The predicted octanol–water partition coefficient (Wildman–Crippen LogP) is 1.66. The van der Waals surface area contributed by atoms with E-state index in [1.165, 1.54) is 13.0 Å². The topological polar surface area (TPSA) is 21.3 Å². The second-order valence-corrected chi connectivity index (χ2v) is 3.63. The molecule has 3 atom stereocenters. The zero-order valence-electron chi connectivity index (χ0n) is 8.47. The normalized spacial score (nSPS) is 39.8. The van der Waals surface area contributed by atoms with Gasteiger partial charge in [-0.25, -0.2) is 0 Å². The molecule has 2 fully saturated rings. The first-order valence-electron chi connectivity index (χ1n) is 5.18. The van der Waals surface area contributed by atoms with E-state index in [1.807, 2.05) is 13.8 Å². The van der Waals surface area contributed by atoms with Gasteiger partial charge in [-0.05, 0) is 18.3 Å². The number of hydrogen-bond acceptors (Lipinski definition) is 2. The van der Waals surface area contributed by atoms with Gasteiger partial charge >= 0.3 is 0 Å². The van der Waals surface area contributed by atoms with E-state index in [0.717, 1.165) is 25.0 Å². The predicted molar refractivity (Wildman–Crippen MR) is 51.2 cm³/mol. The van der Waals surface area contributed by atoms with E-state index >= 15 is 0 Å². The first-order chi connectivity index (χ1) is 5.86. The van der Waals surface area contributed by atoms with E-state index in [-0.39, 0.29) is 0 Å². The van der Waals surface area contributed by atoms with E-state index in [4.69, 9.17) is 4.74 Å². The molecule has 2 heteroatoms. The molecule has 0 spiro atoms. The third-order valence-electron chi connectivity index (χ3n) is 2.58. The second kappa shape index (κ2) is 4.83. The SMILES string of the molecule is CC.CC1COC2CNCC2C1. The van der Waals surface area contributed by atoms with E-state index in [2.05, 4.69) is 12.2 Å². The van der Waals surface area contributed by atoms with E-state index in [9.17, 15) is 0 Å². The minimum atomic E-state index is 0.538. The summed E-state index contributed by atoms with van der Waals surface area (Å²) in [6, 6.07) is 0. The molecule has 2 saturated heterocycles. The summed E-state index contributed by atoms with van der Waals surface area (Å²) in [5, 5.41) is 3.36. The Bertz CT molecular complexity index is 127. The average Bonchev–Trinajstić information content (AvgIpc) is 2.54. The average molecular weight is 171 g/mol. The van der Waals surface area contributed by atoms with E-state index in [0.29, 0.717) is 6.10 Å². The Hall–Kier alpha value is -0.0800. The molecule has 0 bridgehead atoms.